The van der Waals surface area contributed by atoms with Gasteiger partial charge in [0.05, 0.1) is 0 Å². The van der Waals surface area contributed by atoms with E-state index in [9.17, 15) is 12.8 Å². The van der Waals surface area contributed by atoms with Crippen LogP contribution in [0.5, 0.6) is 0 Å². The first-order chi connectivity index (χ1) is 9.49. The Kier molecular flexibility index (Phi) is 5.54. The molecule has 1 fully saturated rings. The summed E-state index contributed by atoms with van der Waals surface area (Å²) in [7, 11) is -3.78. The van der Waals surface area contributed by atoms with Crippen LogP contribution in [0.1, 0.15) is 19.3 Å². The highest BCUT2D eigenvalue weighted by atomic mass is 79.9. The van der Waals surface area contributed by atoms with Crippen LogP contribution in [0.25, 0.3) is 0 Å². The summed E-state index contributed by atoms with van der Waals surface area (Å²) >= 11 is 3.11. The minimum atomic E-state index is -3.78. The molecule has 0 radical (unpaired) electrons. The Morgan fingerprint density at radius 2 is 1.95 bits per heavy atom. The summed E-state index contributed by atoms with van der Waals surface area (Å²) in [6.45, 7) is 2.98. The minimum Gasteiger partial charge on any atom is -0.302 e. The van der Waals surface area contributed by atoms with Crippen LogP contribution in [0.4, 0.5) is 4.39 Å². The number of rotatable bonds is 5. The van der Waals surface area contributed by atoms with Gasteiger partial charge in [0.15, 0.2) is 0 Å². The van der Waals surface area contributed by atoms with Crippen molar-refractivity contribution in [3.8, 4) is 0 Å². The van der Waals surface area contributed by atoms with E-state index >= 15 is 0 Å². The first-order valence-electron chi connectivity index (χ1n) is 6.66. The fourth-order valence-corrected chi connectivity index (χ4v) is 3.70. The van der Waals surface area contributed by atoms with Crippen molar-refractivity contribution >= 4 is 26.0 Å². The Labute approximate surface area is 127 Å². The van der Waals surface area contributed by atoms with E-state index in [2.05, 4.69) is 25.6 Å². The van der Waals surface area contributed by atoms with Gasteiger partial charge in [-0.25, -0.2) is 17.5 Å². The molecule has 2 rings (SSSR count). The van der Waals surface area contributed by atoms with Crippen LogP contribution in [0.2, 0.25) is 0 Å². The molecular formula is C13H18BrFN2O2S. The normalized spacial score (nSPS) is 17.3. The molecule has 20 heavy (non-hydrogen) atoms. The molecule has 0 atom stereocenters. The Morgan fingerprint density at radius 1 is 1.25 bits per heavy atom. The Hall–Kier alpha value is -0.500. The molecule has 7 heteroatoms. The minimum absolute atomic E-state index is 0.303. The van der Waals surface area contributed by atoms with Crippen LogP contribution in [-0.4, -0.2) is 39.5 Å². The number of hydrogen-bond acceptors (Lipinski definition) is 3. The molecule has 1 N–H and O–H groups in total. The lowest BCUT2D eigenvalue weighted by atomic mass is 10.1. The predicted octanol–water partition coefficient (Wildman–Crippen LogP) is 2.35. The van der Waals surface area contributed by atoms with Crippen molar-refractivity contribution in [3.05, 3.63) is 28.5 Å². The fraction of sp³-hybridized carbons (Fsp3) is 0.538. The van der Waals surface area contributed by atoms with Crippen LogP contribution < -0.4 is 4.72 Å². The summed E-state index contributed by atoms with van der Waals surface area (Å²) in [6.07, 6.45) is 3.56. The first-order valence-corrected chi connectivity index (χ1v) is 8.94. The SMILES string of the molecule is O=S(=O)(NCCN1CCCCC1)c1ccc(Br)cc1F. The zero-order valence-corrected chi connectivity index (χ0v) is 13.5. The summed E-state index contributed by atoms with van der Waals surface area (Å²) < 4.78 is 40.7. The van der Waals surface area contributed by atoms with Crippen LogP contribution in [-0.2, 0) is 10.0 Å². The van der Waals surface area contributed by atoms with E-state index in [1.54, 1.807) is 0 Å². The molecule has 1 heterocycles. The van der Waals surface area contributed by atoms with Gasteiger partial charge in [0.25, 0.3) is 0 Å². The summed E-state index contributed by atoms with van der Waals surface area (Å²) in [5.74, 6) is -0.746. The van der Waals surface area contributed by atoms with Crippen LogP contribution in [0.3, 0.4) is 0 Å². The molecule has 112 valence electrons. The van der Waals surface area contributed by atoms with Gasteiger partial charge in [0, 0.05) is 17.6 Å². The van der Waals surface area contributed by atoms with Gasteiger partial charge in [-0.1, -0.05) is 22.4 Å². The second kappa shape index (κ2) is 6.98. The second-order valence-corrected chi connectivity index (χ2v) is 7.53. The lowest BCUT2D eigenvalue weighted by molar-refractivity contribution is 0.232. The lowest BCUT2D eigenvalue weighted by Crippen LogP contribution is -2.37. The van der Waals surface area contributed by atoms with Crippen molar-refractivity contribution < 1.29 is 12.8 Å². The number of nitrogens with one attached hydrogen (secondary N) is 1. The third-order valence-corrected chi connectivity index (χ3v) is 5.34. The maximum Gasteiger partial charge on any atom is 0.243 e. The zero-order chi connectivity index (χ0) is 14.6. The summed E-state index contributed by atoms with van der Waals surface area (Å²) in [5, 5.41) is 0. The molecule has 1 saturated heterocycles. The highest BCUT2D eigenvalue weighted by Gasteiger charge is 2.19. The van der Waals surface area contributed by atoms with E-state index in [-0.39, 0.29) is 4.90 Å². The molecule has 0 amide bonds. The first kappa shape index (κ1) is 15.9. The highest BCUT2D eigenvalue weighted by molar-refractivity contribution is 9.10. The van der Waals surface area contributed by atoms with E-state index in [0.717, 1.165) is 32.0 Å². The third kappa shape index (κ3) is 4.25. The monoisotopic (exact) mass is 364 g/mol. The van der Waals surface area contributed by atoms with Gasteiger partial charge >= 0.3 is 0 Å². The average molecular weight is 365 g/mol. The number of halogens is 2. The van der Waals surface area contributed by atoms with E-state index in [1.165, 1.54) is 18.6 Å². The molecule has 1 aliphatic rings. The van der Waals surface area contributed by atoms with Crippen LogP contribution in [0, 0.1) is 5.82 Å². The molecule has 0 saturated carbocycles. The number of hydrogen-bond donors (Lipinski definition) is 1. The Balaban J connectivity index is 1.93. The number of piperidine rings is 1. The van der Waals surface area contributed by atoms with E-state index < -0.39 is 15.8 Å². The standard InChI is InChI=1S/C13H18BrFN2O2S/c14-11-4-5-13(12(15)10-11)20(18,19)16-6-9-17-7-2-1-3-8-17/h4-5,10,16H,1-3,6-9H2. The zero-order valence-electron chi connectivity index (χ0n) is 11.1. The molecule has 1 aromatic rings. The lowest BCUT2D eigenvalue weighted by Gasteiger charge is -2.26. The van der Waals surface area contributed by atoms with Crippen molar-refractivity contribution in [3.63, 3.8) is 0 Å². The predicted molar refractivity (Wildman–Crippen MR) is 79.6 cm³/mol. The molecule has 0 bridgehead atoms. The van der Waals surface area contributed by atoms with Gasteiger partial charge in [-0.3, -0.25) is 0 Å². The van der Waals surface area contributed by atoms with Gasteiger partial charge in [-0.05, 0) is 44.1 Å². The van der Waals surface area contributed by atoms with E-state index in [4.69, 9.17) is 0 Å². The Morgan fingerprint density at radius 3 is 2.60 bits per heavy atom. The second-order valence-electron chi connectivity index (χ2n) is 4.87. The quantitative estimate of drug-likeness (QED) is 0.872. The molecule has 0 spiro atoms. The number of nitrogens with zero attached hydrogens (tertiary/aromatic N) is 1. The van der Waals surface area contributed by atoms with E-state index in [0.29, 0.717) is 17.6 Å². The Bertz CT molecular complexity index is 559. The van der Waals surface area contributed by atoms with Gasteiger partial charge in [-0.2, -0.15) is 0 Å². The maximum atomic E-state index is 13.7. The summed E-state index contributed by atoms with van der Waals surface area (Å²) in [4.78, 5) is 1.92. The van der Waals surface area contributed by atoms with Crippen molar-refractivity contribution in [2.75, 3.05) is 26.2 Å². The van der Waals surface area contributed by atoms with Gasteiger partial charge < -0.3 is 4.90 Å². The molecule has 1 aliphatic heterocycles. The largest absolute Gasteiger partial charge is 0.302 e. The van der Waals surface area contributed by atoms with Gasteiger partial charge in [0.2, 0.25) is 10.0 Å². The molecule has 4 nitrogen and oxygen atoms in total. The summed E-state index contributed by atoms with van der Waals surface area (Å²) in [6, 6.07) is 3.93. The van der Waals surface area contributed by atoms with Crippen molar-refractivity contribution in [2.24, 2.45) is 0 Å². The maximum absolute atomic E-state index is 13.7. The van der Waals surface area contributed by atoms with Gasteiger partial charge in [0.1, 0.15) is 10.7 Å². The van der Waals surface area contributed by atoms with Crippen LogP contribution in [0.15, 0.2) is 27.6 Å². The van der Waals surface area contributed by atoms with E-state index in [1.807, 2.05) is 0 Å². The molecule has 0 aromatic heterocycles. The van der Waals surface area contributed by atoms with Crippen molar-refractivity contribution in [1.82, 2.24) is 9.62 Å². The van der Waals surface area contributed by atoms with Crippen LogP contribution >= 0.6 is 15.9 Å². The topological polar surface area (TPSA) is 49.4 Å². The van der Waals surface area contributed by atoms with Gasteiger partial charge in [-0.15, -0.1) is 0 Å². The third-order valence-electron chi connectivity index (χ3n) is 3.35. The molecule has 0 unspecified atom stereocenters. The highest BCUT2D eigenvalue weighted by Crippen LogP contribution is 2.19. The number of benzene rings is 1. The average Bonchev–Trinajstić information content (AvgIpc) is 2.39. The molecule has 1 aromatic carbocycles. The number of likely N-dealkylation sites (tertiary alicyclic amines) is 1. The number of sulfonamides is 1. The summed E-state index contributed by atoms with van der Waals surface area (Å²) in [5.41, 5.74) is 0. The fourth-order valence-electron chi connectivity index (χ4n) is 2.29. The molecular weight excluding hydrogens is 347 g/mol. The van der Waals surface area contributed by atoms with Crippen molar-refractivity contribution in [2.45, 2.75) is 24.2 Å². The van der Waals surface area contributed by atoms with Crippen molar-refractivity contribution in [1.29, 1.82) is 0 Å². The molecule has 0 aliphatic carbocycles. The smallest absolute Gasteiger partial charge is 0.243 e.